The van der Waals surface area contributed by atoms with Gasteiger partial charge in [0, 0.05) is 6.04 Å². The summed E-state index contributed by atoms with van der Waals surface area (Å²) in [7, 11) is 0. The molecule has 0 amide bonds. The highest BCUT2D eigenvalue weighted by Gasteiger charge is 2.39. The minimum atomic E-state index is -4.72. The van der Waals surface area contributed by atoms with Gasteiger partial charge in [-0.15, -0.1) is 12.4 Å². The Kier molecular flexibility index (Phi) is 6.38. The summed E-state index contributed by atoms with van der Waals surface area (Å²) in [4.78, 5) is 0. The maximum absolute atomic E-state index is 13.1. The summed E-state index contributed by atoms with van der Waals surface area (Å²) in [5.74, 6) is -0.210. The maximum atomic E-state index is 13.1. The molecule has 1 aromatic rings. The summed E-state index contributed by atoms with van der Waals surface area (Å²) in [6.45, 7) is 0. The molecule has 2 rings (SSSR count). The SMILES string of the molecule is Cl.N[C@H](c1cc(C(F)(F)F)ccc1C(F)(F)F)C1CCCCC1. The van der Waals surface area contributed by atoms with E-state index in [-0.39, 0.29) is 18.3 Å². The fourth-order valence-electron chi connectivity index (χ4n) is 3.02. The van der Waals surface area contributed by atoms with E-state index in [1.165, 1.54) is 0 Å². The number of halogens is 7. The van der Waals surface area contributed by atoms with Crippen molar-refractivity contribution in [1.82, 2.24) is 0 Å². The van der Waals surface area contributed by atoms with Crippen molar-refractivity contribution in [3.63, 3.8) is 0 Å². The van der Waals surface area contributed by atoms with Crippen LogP contribution in [0.2, 0.25) is 0 Å². The fourth-order valence-corrected chi connectivity index (χ4v) is 3.02. The Morgan fingerprint density at radius 1 is 0.913 bits per heavy atom. The van der Waals surface area contributed by atoms with Crippen molar-refractivity contribution in [2.45, 2.75) is 50.5 Å². The number of alkyl halides is 6. The lowest BCUT2D eigenvalue weighted by Gasteiger charge is -2.30. The van der Waals surface area contributed by atoms with Gasteiger partial charge in [-0.05, 0) is 42.5 Å². The van der Waals surface area contributed by atoms with Crippen molar-refractivity contribution in [2.75, 3.05) is 0 Å². The molecular weight excluding hydrogens is 344 g/mol. The van der Waals surface area contributed by atoms with Gasteiger partial charge < -0.3 is 5.73 Å². The molecule has 0 aromatic heterocycles. The number of hydrogen-bond donors (Lipinski definition) is 1. The van der Waals surface area contributed by atoms with Crippen LogP contribution in [0.1, 0.15) is 54.8 Å². The van der Waals surface area contributed by atoms with Gasteiger partial charge in [0.2, 0.25) is 0 Å². The first-order chi connectivity index (χ1) is 10.1. The minimum absolute atomic E-state index is 0. The standard InChI is InChI=1S/C15H17F6N.ClH/c16-14(17,18)10-6-7-12(15(19,20)21)11(8-10)13(22)9-4-2-1-3-5-9;/h6-9,13H,1-5,22H2;1H/t13-;/m0./s1. The van der Waals surface area contributed by atoms with E-state index in [2.05, 4.69) is 0 Å². The van der Waals surface area contributed by atoms with E-state index in [4.69, 9.17) is 5.73 Å². The average Bonchev–Trinajstić information content (AvgIpc) is 2.45. The lowest BCUT2D eigenvalue weighted by Crippen LogP contribution is -2.27. The van der Waals surface area contributed by atoms with E-state index in [9.17, 15) is 26.3 Å². The van der Waals surface area contributed by atoms with Gasteiger partial charge in [-0.3, -0.25) is 0 Å². The van der Waals surface area contributed by atoms with E-state index >= 15 is 0 Å². The Hall–Kier alpha value is -0.950. The summed E-state index contributed by atoms with van der Waals surface area (Å²) in [6, 6.07) is 0.474. The fraction of sp³-hybridized carbons (Fsp3) is 0.600. The predicted molar refractivity (Wildman–Crippen MR) is 77.2 cm³/mol. The molecule has 1 atom stereocenters. The normalized spacial score (nSPS) is 18.4. The Balaban J connectivity index is 0.00000264. The molecule has 1 aliphatic rings. The summed E-state index contributed by atoms with van der Waals surface area (Å²) in [5.41, 5.74) is 3.30. The van der Waals surface area contributed by atoms with Crippen LogP contribution in [0.4, 0.5) is 26.3 Å². The lowest BCUT2D eigenvalue weighted by atomic mass is 9.80. The van der Waals surface area contributed by atoms with Crippen LogP contribution < -0.4 is 5.73 Å². The average molecular weight is 362 g/mol. The molecule has 0 bridgehead atoms. The maximum Gasteiger partial charge on any atom is 0.416 e. The van der Waals surface area contributed by atoms with Crippen LogP contribution in [0.5, 0.6) is 0 Å². The molecule has 0 heterocycles. The lowest BCUT2D eigenvalue weighted by molar-refractivity contribution is -0.142. The second-order valence-corrected chi connectivity index (χ2v) is 5.72. The number of rotatable bonds is 2. The highest BCUT2D eigenvalue weighted by Crippen LogP contribution is 2.42. The van der Waals surface area contributed by atoms with E-state index in [0.717, 1.165) is 19.3 Å². The zero-order valence-corrected chi connectivity index (χ0v) is 13.0. The molecule has 1 nitrogen and oxygen atoms in total. The third-order valence-corrected chi connectivity index (χ3v) is 4.20. The zero-order chi connectivity index (χ0) is 16.5. The van der Waals surface area contributed by atoms with E-state index in [1.807, 2.05) is 0 Å². The number of benzene rings is 1. The third-order valence-electron chi connectivity index (χ3n) is 4.20. The molecule has 1 aliphatic carbocycles. The molecule has 0 radical (unpaired) electrons. The highest BCUT2D eigenvalue weighted by molar-refractivity contribution is 5.85. The van der Waals surface area contributed by atoms with Gasteiger partial charge in [-0.1, -0.05) is 19.3 Å². The van der Waals surface area contributed by atoms with Crippen molar-refractivity contribution >= 4 is 12.4 Å². The predicted octanol–water partition coefficient (Wildman–Crippen LogP) is 5.73. The molecule has 0 saturated heterocycles. The quantitative estimate of drug-likeness (QED) is 0.669. The molecule has 2 N–H and O–H groups in total. The first-order valence-corrected chi connectivity index (χ1v) is 7.14. The largest absolute Gasteiger partial charge is 0.416 e. The first-order valence-electron chi connectivity index (χ1n) is 7.14. The number of nitrogens with two attached hydrogens (primary N) is 1. The summed E-state index contributed by atoms with van der Waals surface area (Å²) in [6.07, 6.45) is -5.43. The monoisotopic (exact) mass is 361 g/mol. The molecule has 23 heavy (non-hydrogen) atoms. The Morgan fingerprint density at radius 2 is 1.48 bits per heavy atom. The van der Waals surface area contributed by atoms with Crippen molar-refractivity contribution < 1.29 is 26.3 Å². The van der Waals surface area contributed by atoms with Gasteiger partial charge in [-0.2, -0.15) is 26.3 Å². The molecular formula is C15H18ClF6N. The second kappa shape index (κ2) is 7.30. The van der Waals surface area contributed by atoms with Crippen LogP contribution in [0, 0.1) is 5.92 Å². The van der Waals surface area contributed by atoms with Crippen LogP contribution >= 0.6 is 12.4 Å². The Bertz CT molecular complexity index is 520. The Labute approximate surface area is 136 Å². The molecule has 1 saturated carbocycles. The van der Waals surface area contributed by atoms with Gasteiger partial charge in [0.25, 0.3) is 0 Å². The Morgan fingerprint density at radius 3 is 1.96 bits per heavy atom. The van der Waals surface area contributed by atoms with Crippen molar-refractivity contribution in [1.29, 1.82) is 0 Å². The minimum Gasteiger partial charge on any atom is -0.324 e. The molecule has 132 valence electrons. The van der Waals surface area contributed by atoms with Gasteiger partial charge in [0.05, 0.1) is 11.1 Å². The highest BCUT2D eigenvalue weighted by atomic mass is 35.5. The van der Waals surface area contributed by atoms with E-state index in [1.54, 1.807) is 0 Å². The van der Waals surface area contributed by atoms with Crippen LogP contribution in [-0.2, 0) is 12.4 Å². The molecule has 0 aliphatic heterocycles. The second-order valence-electron chi connectivity index (χ2n) is 5.72. The number of hydrogen-bond acceptors (Lipinski definition) is 1. The molecule has 8 heteroatoms. The van der Waals surface area contributed by atoms with Gasteiger partial charge in [0.15, 0.2) is 0 Å². The summed E-state index contributed by atoms with van der Waals surface area (Å²) < 4.78 is 77.5. The first kappa shape index (κ1) is 20.1. The molecule has 1 fully saturated rings. The smallest absolute Gasteiger partial charge is 0.324 e. The van der Waals surface area contributed by atoms with E-state index < -0.39 is 35.1 Å². The van der Waals surface area contributed by atoms with Gasteiger partial charge in [0.1, 0.15) is 0 Å². The molecule has 0 spiro atoms. The van der Waals surface area contributed by atoms with Crippen LogP contribution in [0.3, 0.4) is 0 Å². The molecule has 1 aromatic carbocycles. The van der Waals surface area contributed by atoms with Gasteiger partial charge in [-0.25, -0.2) is 0 Å². The van der Waals surface area contributed by atoms with Crippen LogP contribution in [0.25, 0.3) is 0 Å². The summed E-state index contributed by atoms with van der Waals surface area (Å²) in [5, 5.41) is 0. The van der Waals surface area contributed by atoms with Crippen LogP contribution in [-0.4, -0.2) is 0 Å². The van der Waals surface area contributed by atoms with Crippen LogP contribution in [0.15, 0.2) is 18.2 Å². The third kappa shape index (κ3) is 4.76. The topological polar surface area (TPSA) is 26.0 Å². The summed E-state index contributed by atoms with van der Waals surface area (Å²) >= 11 is 0. The molecule has 0 unspecified atom stereocenters. The van der Waals surface area contributed by atoms with E-state index in [0.29, 0.717) is 31.0 Å². The van der Waals surface area contributed by atoms with Crippen molar-refractivity contribution in [3.8, 4) is 0 Å². The van der Waals surface area contributed by atoms with Crippen molar-refractivity contribution in [2.24, 2.45) is 11.7 Å². The van der Waals surface area contributed by atoms with Crippen molar-refractivity contribution in [3.05, 3.63) is 34.9 Å². The van der Waals surface area contributed by atoms with Gasteiger partial charge >= 0.3 is 12.4 Å². The zero-order valence-electron chi connectivity index (χ0n) is 12.2.